The zero-order valence-corrected chi connectivity index (χ0v) is 16.0. The molecule has 0 fully saturated rings. The van der Waals surface area contributed by atoms with E-state index >= 15 is 0 Å². The van der Waals surface area contributed by atoms with Gasteiger partial charge in [-0.25, -0.2) is 4.79 Å². The highest BCUT2D eigenvalue weighted by Gasteiger charge is 2.37. The summed E-state index contributed by atoms with van der Waals surface area (Å²) in [7, 11) is -3.53. The number of alkyl carbamates (subject to hydrolysis) is 1. The van der Waals surface area contributed by atoms with Gasteiger partial charge in [-0.3, -0.25) is 4.57 Å². The van der Waals surface area contributed by atoms with E-state index < -0.39 is 25.1 Å². The summed E-state index contributed by atoms with van der Waals surface area (Å²) in [6.45, 7) is 9.21. The Morgan fingerprint density at radius 1 is 1.12 bits per heavy atom. The predicted octanol–water partition coefficient (Wildman–Crippen LogP) is 4.35. The van der Waals surface area contributed by atoms with E-state index in [-0.39, 0.29) is 13.2 Å². The maximum Gasteiger partial charge on any atom is 0.408 e. The monoisotopic (exact) mass is 357 g/mol. The molecule has 0 heterocycles. The Hall–Kier alpha value is -1.36. The average Bonchev–Trinajstić information content (AvgIpc) is 2.46. The lowest BCUT2D eigenvalue weighted by Crippen LogP contribution is -2.40. The van der Waals surface area contributed by atoms with Crippen molar-refractivity contribution >= 4 is 13.7 Å². The van der Waals surface area contributed by atoms with E-state index in [1.165, 1.54) is 0 Å². The molecule has 0 aromatic heterocycles. The number of nitrogens with one attached hydrogen (secondary N) is 1. The molecule has 0 aliphatic rings. The fourth-order valence-corrected chi connectivity index (χ4v) is 3.95. The van der Waals surface area contributed by atoms with Gasteiger partial charge in [0.05, 0.1) is 13.2 Å². The molecule has 1 rings (SSSR count). The van der Waals surface area contributed by atoms with Crippen LogP contribution in [0.1, 0.15) is 40.2 Å². The number of benzene rings is 1. The van der Waals surface area contributed by atoms with E-state index in [9.17, 15) is 9.36 Å². The number of hydrogen-bond acceptors (Lipinski definition) is 5. The maximum absolute atomic E-state index is 13.1. The fraction of sp³-hybridized carbons (Fsp3) is 0.588. The van der Waals surface area contributed by atoms with Crippen LogP contribution in [-0.4, -0.2) is 30.7 Å². The van der Waals surface area contributed by atoms with Crippen LogP contribution >= 0.6 is 7.60 Å². The lowest BCUT2D eigenvalue weighted by molar-refractivity contribution is 0.0509. The van der Waals surface area contributed by atoms with Gasteiger partial charge in [0, 0.05) is 6.42 Å². The molecule has 0 spiro atoms. The second-order valence-electron chi connectivity index (χ2n) is 6.23. The molecule has 0 unspecified atom stereocenters. The molecule has 0 aliphatic carbocycles. The third-order valence-electron chi connectivity index (χ3n) is 2.96. The summed E-state index contributed by atoms with van der Waals surface area (Å²) < 4.78 is 29.2. The van der Waals surface area contributed by atoms with Gasteiger partial charge in [0.1, 0.15) is 11.4 Å². The van der Waals surface area contributed by atoms with Gasteiger partial charge in [-0.15, -0.1) is 0 Å². The Bertz CT molecular complexity index is 546. The minimum absolute atomic E-state index is 0.221. The number of carbonyl (C=O) groups excluding carboxylic acids is 1. The molecule has 1 aromatic carbocycles. The molecule has 7 heteroatoms. The van der Waals surface area contributed by atoms with E-state index in [0.717, 1.165) is 5.56 Å². The zero-order valence-electron chi connectivity index (χ0n) is 15.1. The summed E-state index contributed by atoms with van der Waals surface area (Å²) in [4.78, 5) is 12.1. The second kappa shape index (κ2) is 9.21. The lowest BCUT2D eigenvalue weighted by Gasteiger charge is -2.28. The molecule has 6 nitrogen and oxygen atoms in total. The van der Waals surface area contributed by atoms with E-state index in [0.29, 0.717) is 6.42 Å². The average molecular weight is 357 g/mol. The maximum atomic E-state index is 13.1. The number of carbonyl (C=O) groups is 1. The van der Waals surface area contributed by atoms with Crippen LogP contribution in [0, 0.1) is 0 Å². The SMILES string of the molecule is CCOP(=O)(OCC)[C@H](Cc1ccccc1)NC(=O)OC(C)(C)C. The van der Waals surface area contributed by atoms with Crippen molar-refractivity contribution in [2.24, 2.45) is 0 Å². The quantitative estimate of drug-likeness (QED) is 0.700. The third-order valence-corrected chi connectivity index (χ3v) is 5.27. The molecular formula is C17H28NO5P. The highest BCUT2D eigenvalue weighted by atomic mass is 31.2. The Morgan fingerprint density at radius 2 is 1.67 bits per heavy atom. The molecule has 0 saturated carbocycles. The van der Waals surface area contributed by atoms with Crippen molar-refractivity contribution < 1.29 is 23.1 Å². The van der Waals surface area contributed by atoms with Crippen molar-refractivity contribution in [1.82, 2.24) is 5.32 Å². The number of ether oxygens (including phenoxy) is 1. The largest absolute Gasteiger partial charge is 0.444 e. The van der Waals surface area contributed by atoms with Crippen LogP contribution < -0.4 is 5.32 Å². The molecule has 0 saturated heterocycles. The number of rotatable bonds is 8. The Labute approximate surface area is 144 Å². The minimum atomic E-state index is -3.53. The van der Waals surface area contributed by atoms with Crippen LogP contribution in [0.25, 0.3) is 0 Å². The summed E-state index contributed by atoms with van der Waals surface area (Å²) in [6.07, 6.45) is -0.333. The van der Waals surface area contributed by atoms with Crippen LogP contribution in [0.5, 0.6) is 0 Å². The van der Waals surface area contributed by atoms with Gasteiger partial charge in [0.15, 0.2) is 0 Å². The number of amides is 1. The summed E-state index contributed by atoms with van der Waals surface area (Å²) in [5.41, 5.74) is 0.265. The molecule has 136 valence electrons. The summed E-state index contributed by atoms with van der Waals surface area (Å²) in [5.74, 6) is -0.824. The molecule has 1 amide bonds. The molecular weight excluding hydrogens is 329 g/mol. The van der Waals surface area contributed by atoms with Gasteiger partial charge >= 0.3 is 13.7 Å². The zero-order chi connectivity index (χ0) is 18.2. The Kier molecular flexibility index (Phi) is 7.94. The number of hydrogen-bond donors (Lipinski definition) is 1. The van der Waals surface area contributed by atoms with Crippen LogP contribution in [0.3, 0.4) is 0 Å². The topological polar surface area (TPSA) is 73.9 Å². The van der Waals surface area contributed by atoms with Crippen LogP contribution in [0.15, 0.2) is 30.3 Å². The highest BCUT2D eigenvalue weighted by molar-refractivity contribution is 7.54. The second-order valence-corrected chi connectivity index (χ2v) is 8.45. The van der Waals surface area contributed by atoms with Gasteiger partial charge in [-0.2, -0.15) is 0 Å². The van der Waals surface area contributed by atoms with Crippen molar-refractivity contribution in [2.75, 3.05) is 13.2 Å². The first-order valence-electron chi connectivity index (χ1n) is 8.12. The molecule has 0 radical (unpaired) electrons. The van der Waals surface area contributed by atoms with E-state index in [4.69, 9.17) is 13.8 Å². The predicted molar refractivity (Wildman–Crippen MR) is 94.2 cm³/mol. The van der Waals surface area contributed by atoms with E-state index in [2.05, 4.69) is 5.32 Å². The van der Waals surface area contributed by atoms with E-state index in [1.54, 1.807) is 34.6 Å². The molecule has 1 aromatic rings. The van der Waals surface area contributed by atoms with Gasteiger partial charge < -0.3 is 19.1 Å². The van der Waals surface area contributed by atoms with Gasteiger partial charge in [0.25, 0.3) is 0 Å². The summed E-state index contributed by atoms with van der Waals surface area (Å²) >= 11 is 0. The van der Waals surface area contributed by atoms with Crippen LogP contribution in [0.4, 0.5) is 4.79 Å². The Morgan fingerprint density at radius 3 is 2.12 bits per heavy atom. The molecule has 1 N–H and O–H groups in total. The molecule has 24 heavy (non-hydrogen) atoms. The first kappa shape index (κ1) is 20.7. The smallest absolute Gasteiger partial charge is 0.408 e. The van der Waals surface area contributed by atoms with Gasteiger partial charge in [0.2, 0.25) is 0 Å². The van der Waals surface area contributed by atoms with Crippen molar-refractivity contribution in [1.29, 1.82) is 0 Å². The van der Waals surface area contributed by atoms with Gasteiger partial charge in [-0.1, -0.05) is 30.3 Å². The van der Waals surface area contributed by atoms with E-state index in [1.807, 2.05) is 30.3 Å². The Balaban J connectivity index is 3.01. The normalized spacial score (nSPS) is 13.4. The molecule has 1 atom stereocenters. The first-order valence-corrected chi connectivity index (χ1v) is 9.73. The van der Waals surface area contributed by atoms with Crippen molar-refractivity contribution in [2.45, 2.75) is 52.4 Å². The third kappa shape index (κ3) is 7.04. The van der Waals surface area contributed by atoms with Gasteiger partial charge in [-0.05, 0) is 40.2 Å². The standard InChI is InChI=1S/C17H28NO5P/c1-6-21-24(20,22-7-2)15(13-14-11-9-8-10-12-14)18-16(19)23-17(3,4)5/h8-12,15H,6-7,13H2,1-5H3,(H,18,19)/t15-/m1/s1. The molecule has 0 aliphatic heterocycles. The summed E-state index contributed by atoms with van der Waals surface area (Å²) in [6, 6.07) is 9.45. The molecule has 0 bridgehead atoms. The van der Waals surface area contributed by atoms with Crippen molar-refractivity contribution in [3.63, 3.8) is 0 Å². The van der Waals surface area contributed by atoms with Crippen molar-refractivity contribution in [3.05, 3.63) is 35.9 Å². The van der Waals surface area contributed by atoms with Crippen LogP contribution in [0.2, 0.25) is 0 Å². The highest BCUT2D eigenvalue weighted by Crippen LogP contribution is 2.53. The summed E-state index contributed by atoms with van der Waals surface area (Å²) in [5, 5.41) is 2.66. The first-order chi connectivity index (χ1) is 11.2. The minimum Gasteiger partial charge on any atom is -0.444 e. The van der Waals surface area contributed by atoms with Crippen LogP contribution in [-0.2, 0) is 24.8 Å². The lowest BCUT2D eigenvalue weighted by atomic mass is 10.1. The fourth-order valence-electron chi connectivity index (χ4n) is 2.10. The van der Waals surface area contributed by atoms with Crippen molar-refractivity contribution in [3.8, 4) is 0 Å².